The smallest absolute Gasteiger partial charge is 0.154 e. The summed E-state index contributed by atoms with van der Waals surface area (Å²) in [6, 6.07) is 7.65. The van der Waals surface area contributed by atoms with Gasteiger partial charge in [0, 0.05) is 0 Å². The predicted octanol–water partition coefficient (Wildman–Crippen LogP) is 6.96. The fraction of sp³-hybridized carbons (Fsp3) is 1.00. The molecule has 1 aliphatic rings. The van der Waals surface area contributed by atoms with Crippen LogP contribution in [-0.2, 0) is 0 Å². The van der Waals surface area contributed by atoms with Gasteiger partial charge >= 0.3 is 0 Å². The Kier molecular flexibility index (Phi) is 8.32. The molecule has 1 unspecified atom stereocenters. The summed E-state index contributed by atoms with van der Waals surface area (Å²) in [5.41, 5.74) is 1.57. The molecule has 19 heavy (non-hydrogen) atoms. The highest BCUT2D eigenvalue weighted by Gasteiger charge is 2.45. The molecular weight excluding hydrogens is 284 g/mol. The van der Waals surface area contributed by atoms with Crippen molar-refractivity contribution in [2.75, 3.05) is 0 Å². The molecule has 0 bridgehead atoms. The SMILES string of the molecule is CCCC[Si]1(Cl)CCC[Si](CCCC)(CCCC)C1. The summed E-state index contributed by atoms with van der Waals surface area (Å²) in [7, 11) is -2.34. The average Bonchev–Trinajstić information content (AvgIpc) is 2.41. The molecule has 1 atom stereocenters. The molecule has 0 saturated carbocycles. The van der Waals surface area contributed by atoms with Gasteiger partial charge in [0.1, 0.15) is 0 Å². The summed E-state index contributed by atoms with van der Waals surface area (Å²) >= 11 is 7.17. The van der Waals surface area contributed by atoms with Crippen molar-refractivity contribution < 1.29 is 0 Å². The second kappa shape index (κ2) is 8.89. The fourth-order valence-corrected chi connectivity index (χ4v) is 22.5. The first-order valence-corrected chi connectivity index (χ1v) is 15.2. The molecule has 0 spiro atoms. The van der Waals surface area contributed by atoms with E-state index in [9.17, 15) is 0 Å². The summed E-state index contributed by atoms with van der Waals surface area (Å²) in [5.74, 6) is 0. The molecule has 0 amide bonds. The van der Waals surface area contributed by atoms with Crippen LogP contribution in [0.5, 0.6) is 0 Å². The van der Waals surface area contributed by atoms with Crippen molar-refractivity contribution >= 4 is 26.5 Å². The lowest BCUT2D eigenvalue weighted by Gasteiger charge is -2.43. The van der Waals surface area contributed by atoms with E-state index in [1.54, 1.807) is 23.8 Å². The molecule has 3 heteroatoms. The molecular formula is C16H35ClSi2. The molecule has 1 aliphatic heterocycles. The second-order valence-corrected chi connectivity index (χ2v) is 18.6. The molecule has 114 valence electrons. The van der Waals surface area contributed by atoms with E-state index in [0.29, 0.717) is 0 Å². The molecule has 0 aromatic heterocycles. The van der Waals surface area contributed by atoms with E-state index >= 15 is 0 Å². The Labute approximate surface area is 128 Å². The first-order valence-electron chi connectivity index (χ1n) is 8.79. The third-order valence-corrected chi connectivity index (χ3v) is 19.7. The minimum atomic E-state index is -1.36. The molecule has 0 aromatic carbocycles. The third kappa shape index (κ3) is 5.93. The number of hydrogen-bond acceptors (Lipinski definition) is 0. The maximum atomic E-state index is 7.17. The molecule has 0 aliphatic carbocycles. The van der Waals surface area contributed by atoms with Crippen molar-refractivity contribution in [3.63, 3.8) is 0 Å². The van der Waals surface area contributed by atoms with Crippen molar-refractivity contribution in [3.8, 4) is 0 Å². The fourth-order valence-electron chi connectivity index (χ4n) is 3.99. The van der Waals surface area contributed by atoms with Crippen LogP contribution in [0.3, 0.4) is 0 Å². The Balaban J connectivity index is 2.66. The van der Waals surface area contributed by atoms with Crippen LogP contribution in [0.2, 0.25) is 35.9 Å². The zero-order chi connectivity index (χ0) is 14.2. The van der Waals surface area contributed by atoms with Gasteiger partial charge in [-0.25, -0.2) is 0 Å². The van der Waals surface area contributed by atoms with Gasteiger partial charge in [0.25, 0.3) is 0 Å². The van der Waals surface area contributed by atoms with Crippen molar-refractivity contribution in [1.29, 1.82) is 0 Å². The lowest BCUT2D eigenvalue weighted by Crippen LogP contribution is -2.48. The average molecular weight is 319 g/mol. The van der Waals surface area contributed by atoms with Crippen molar-refractivity contribution in [2.24, 2.45) is 0 Å². The van der Waals surface area contributed by atoms with Gasteiger partial charge in [-0.3, -0.25) is 0 Å². The summed E-state index contributed by atoms with van der Waals surface area (Å²) in [5, 5.41) is 0. The van der Waals surface area contributed by atoms with E-state index in [0.717, 1.165) is 0 Å². The highest BCUT2D eigenvalue weighted by molar-refractivity contribution is 7.25. The van der Waals surface area contributed by atoms with Gasteiger partial charge in [-0.05, 0) is 17.8 Å². The predicted molar refractivity (Wildman–Crippen MR) is 95.5 cm³/mol. The lowest BCUT2D eigenvalue weighted by atomic mass is 10.4. The minimum Gasteiger partial charge on any atom is -0.167 e. The maximum absolute atomic E-state index is 7.17. The Bertz CT molecular complexity index is 237. The van der Waals surface area contributed by atoms with E-state index in [2.05, 4.69) is 20.8 Å². The van der Waals surface area contributed by atoms with Crippen LogP contribution in [0.1, 0.15) is 65.7 Å². The van der Waals surface area contributed by atoms with E-state index in [4.69, 9.17) is 11.1 Å². The van der Waals surface area contributed by atoms with Gasteiger partial charge in [0.05, 0.1) is 8.07 Å². The maximum Gasteiger partial charge on any atom is 0.154 e. The van der Waals surface area contributed by atoms with Crippen LogP contribution < -0.4 is 0 Å². The van der Waals surface area contributed by atoms with E-state index in [1.165, 1.54) is 57.0 Å². The van der Waals surface area contributed by atoms with Crippen LogP contribution >= 0.6 is 11.1 Å². The first kappa shape index (κ1) is 17.8. The normalized spacial score (nSPS) is 26.5. The Morgan fingerprint density at radius 2 is 1.32 bits per heavy atom. The monoisotopic (exact) mass is 318 g/mol. The van der Waals surface area contributed by atoms with Crippen LogP contribution in [-0.4, -0.2) is 15.5 Å². The van der Waals surface area contributed by atoms with E-state index in [-0.39, 0.29) is 0 Å². The van der Waals surface area contributed by atoms with Gasteiger partial charge < -0.3 is 0 Å². The highest BCUT2D eigenvalue weighted by Crippen LogP contribution is 2.45. The molecule has 1 saturated heterocycles. The summed E-state index contributed by atoms with van der Waals surface area (Å²) in [6.45, 7) is 7.02. The lowest BCUT2D eigenvalue weighted by molar-refractivity contribution is 0.796. The topological polar surface area (TPSA) is 0 Å². The number of halogens is 1. The van der Waals surface area contributed by atoms with Crippen LogP contribution in [0.15, 0.2) is 0 Å². The Hall–Kier alpha value is 0.724. The van der Waals surface area contributed by atoms with Gasteiger partial charge in [-0.2, -0.15) is 11.1 Å². The molecule has 1 fully saturated rings. The molecule has 1 rings (SSSR count). The quantitative estimate of drug-likeness (QED) is 0.318. The largest absolute Gasteiger partial charge is 0.167 e. The van der Waals surface area contributed by atoms with Crippen LogP contribution in [0.4, 0.5) is 0 Å². The number of unbranched alkanes of at least 4 members (excludes halogenated alkanes) is 3. The van der Waals surface area contributed by atoms with Crippen molar-refractivity contribution in [2.45, 2.75) is 102 Å². The third-order valence-electron chi connectivity index (χ3n) is 5.12. The highest BCUT2D eigenvalue weighted by atomic mass is 35.6. The zero-order valence-electron chi connectivity index (χ0n) is 13.6. The molecule has 1 heterocycles. The minimum absolute atomic E-state index is 0.980. The standard InChI is InChI=1S/C16H35ClSi2/c1-4-7-11-18(12-8-5-2)13-10-15-19(17,16-18)14-9-6-3/h4-16H2,1-3H3. The molecule has 0 nitrogen and oxygen atoms in total. The Morgan fingerprint density at radius 1 is 0.789 bits per heavy atom. The summed E-state index contributed by atoms with van der Waals surface area (Å²) in [6.07, 6.45) is 9.93. The van der Waals surface area contributed by atoms with Crippen molar-refractivity contribution in [3.05, 3.63) is 0 Å². The Morgan fingerprint density at radius 3 is 1.84 bits per heavy atom. The first-order chi connectivity index (χ1) is 9.10. The van der Waals surface area contributed by atoms with Gasteiger partial charge in [0.2, 0.25) is 0 Å². The van der Waals surface area contributed by atoms with Crippen LogP contribution in [0.25, 0.3) is 0 Å². The second-order valence-electron chi connectivity index (χ2n) is 6.99. The summed E-state index contributed by atoms with van der Waals surface area (Å²) < 4.78 is 0. The van der Waals surface area contributed by atoms with Crippen LogP contribution in [0, 0.1) is 0 Å². The van der Waals surface area contributed by atoms with Gasteiger partial charge in [0.15, 0.2) is 7.38 Å². The molecule has 0 radical (unpaired) electrons. The zero-order valence-corrected chi connectivity index (χ0v) is 16.3. The molecule has 0 N–H and O–H groups in total. The van der Waals surface area contributed by atoms with E-state index < -0.39 is 15.5 Å². The van der Waals surface area contributed by atoms with E-state index in [1.807, 2.05) is 0 Å². The number of hydrogen-bond donors (Lipinski definition) is 0. The number of rotatable bonds is 9. The molecule has 0 aromatic rings. The van der Waals surface area contributed by atoms with Gasteiger partial charge in [-0.15, -0.1) is 0 Å². The summed E-state index contributed by atoms with van der Waals surface area (Å²) in [4.78, 5) is 0. The van der Waals surface area contributed by atoms with Gasteiger partial charge in [-0.1, -0.05) is 83.8 Å². The van der Waals surface area contributed by atoms with Crippen molar-refractivity contribution in [1.82, 2.24) is 0 Å².